The highest BCUT2D eigenvalue weighted by atomic mass is 16.7. The zero-order chi connectivity index (χ0) is 12.5. The quantitative estimate of drug-likeness (QED) is 0.852. The molecule has 0 radical (unpaired) electrons. The van der Waals surface area contributed by atoms with E-state index in [1.54, 1.807) is 0 Å². The highest BCUT2D eigenvalue weighted by molar-refractivity contribution is 5.60. The van der Waals surface area contributed by atoms with Crippen molar-refractivity contribution in [3.8, 4) is 11.5 Å². The van der Waals surface area contributed by atoms with Crippen molar-refractivity contribution in [3.05, 3.63) is 18.2 Å². The number of H-pyrrole nitrogens is 1. The van der Waals surface area contributed by atoms with Gasteiger partial charge in [0.2, 0.25) is 18.7 Å². The molecule has 1 aliphatic heterocycles. The average Bonchev–Trinajstić information content (AvgIpc) is 2.96. The van der Waals surface area contributed by atoms with E-state index in [4.69, 9.17) is 9.47 Å². The highest BCUT2D eigenvalue weighted by Crippen LogP contribution is 2.34. The SMILES string of the molecule is CN(C)c1nnc(Nc2ccc3c(c2)OCO3)[nH]1. The molecule has 3 rings (SSSR count). The maximum Gasteiger partial charge on any atom is 0.231 e. The normalized spacial score (nSPS) is 12.6. The number of anilines is 3. The summed E-state index contributed by atoms with van der Waals surface area (Å²) < 4.78 is 10.6. The van der Waals surface area contributed by atoms with Crippen LogP contribution < -0.4 is 19.7 Å². The van der Waals surface area contributed by atoms with Crippen molar-refractivity contribution in [2.45, 2.75) is 0 Å². The van der Waals surface area contributed by atoms with E-state index in [1.807, 2.05) is 37.2 Å². The number of aromatic amines is 1. The second-order valence-corrected chi connectivity index (χ2v) is 4.08. The van der Waals surface area contributed by atoms with Crippen molar-refractivity contribution < 1.29 is 9.47 Å². The van der Waals surface area contributed by atoms with E-state index >= 15 is 0 Å². The molecule has 0 unspecified atom stereocenters. The topological polar surface area (TPSA) is 75.3 Å². The number of rotatable bonds is 3. The first-order valence-electron chi connectivity index (χ1n) is 5.49. The molecule has 0 fully saturated rings. The van der Waals surface area contributed by atoms with Gasteiger partial charge >= 0.3 is 0 Å². The van der Waals surface area contributed by atoms with Crippen LogP contribution >= 0.6 is 0 Å². The molecule has 0 amide bonds. The largest absolute Gasteiger partial charge is 0.454 e. The van der Waals surface area contributed by atoms with E-state index in [2.05, 4.69) is 20.5 Å². The Morgan fingerprint density at radius 3 is 2.83 bits per heavy atom. The Morgan fingerprint density at radius 2 is 2.06 bits per heavy atom. The molecule has 7 nitrogen and oxygen atoms in total. The summed E-state index contributed by atoms with van der Waals surface area (Å²) in [6, 6.07) is 5.61. The van der Waals surface area contributed by atoms with Crippen LogP contribution in [0.25, 0.3) is 0 Å². The van der Waals surface area contributed by atoms with Crippen LogP contribution in [0.2, 0.25) is 0 Å². The van der Waals surface area contributed by atoms with Crippen LogP contribution in [-0.2, 0) is 0 Å². The monoisotopic (exact) mass is 247 g/mol. The number of benzene rings is 1. The predicted octanol–water partition coefficient (Wildman–Crippen LogP) is 1.34. The summed E-state index contributed by atoms with van der Waals surface area (Å²) in [6.07, 6.45) is 0. The number of aromatic nitrogens is 3. The average molecular weight is 247 g/mol. The van der Waals surface area contributed by atoms with Gasteiger partial charge in [0.1, 0.15) is 0 Å². The third-order valence-electron chi connectivity index (χ3n) is 2.53. The van der Waals surface area contributed by atoms with E-state index in [0.29, 0.717) is 11.9 Å². The fourth-order valence-corrected chi connectivity index (χ4v) is 1.62. The zero-order valence-corrected chi connectivity index (χ0v) is 10.1. The molecular formula is C11H13N5O2. The van der Waals surface area contributed by atoms with Gasteiger partial charge in [-0.2, -0.15) is 0 Å². The second-order valence-electron chi connectivity index (χ2n) is 4.08. The molecule has 18 heavy (non-hydrogen) atoms. The first-order valence-corrected chi connectivity index (χ1v) is 5.49. The summed E-state index contributed by atoms with van der Waals surface area (Å²) in [7, 11) is 3.79. The summed E-state index contributed by atoms with van der Waals surface area (Å²) in [5.74, 6) is 2.76. The van der Waals surface area contributed by atoms with Gasteiger partial charge in [-0.05, 0) is 12.1 Å². The molecule has 94 valence electrons. The Kier molecular flexibility index (Phi) is 2.44. The molecule has 2 aromatic rings. The smallest absolute Gasteiger partial charge is 0.231 e. The predicted molar refractivity (Wildman–Crippen MR) is 66.6 cm³/mol. The maximum absolute atomic E-state index is 5.30. The molecule has 0 aliphatic carbocycles. The summed E-state index contributed by atoms with van der Waals surface area (Å²) >= 11 is 0. The Hall–Kier alpha value is -2.44. The number of ether oxygens (including phenoxy) is 2. The van der Waals surface area contributed by atoms with Gasteiger partial charge in [-0.15, -0.1) is 10.2 Å². The molecule has 0 bridgehead atoms. The van der Waals surface area contributed by atoms with Crippen molar-refractivity contribution in [2.75, 3.05) is 31.1 Å². The van der Waals surface area contributed by atoms with E-state index in [9.17, 15) is 0 Å². The fourth-order valence-electron chi connectivity index (χ4n) is 1.62. The Morgan fingerprint density at radius 1 is 1.22 bits per heavy atom. The number of fused-ring (bicyclic) bond motifs is 1. The number of hydrogen-bond acceptors (Lipinski definition) is 6. The minimum atomic E-state index is 0.270. The lowest BCUT2D eigenvalue weighted by Gasteiger charge is -2.06. The van der Waals surface area contributed by atoms with Crippen LogP contribution in [0, 0.1) is 0 Å². The Labute approximate surface area is 104 Å². The van der Waals surface area contributed by atoms with Gasteiger partial charge in [-0.1, -0.05) is 0 Å². The number of hydrogen-bond donors (Lipinski definition) is 2. The molecular weight excluding hydrogens is 234 g/mol. The van der Waals surface area contributed by atoms with Gasteiger partial charge in [0.15, 0.2) is 11.5 Å². The molecule has 0 atom stereocenters. The minimum absolute atomic E-state index is 0.270. The van der Waals surface area contributed by atoms with Gasteiger partial charge in [-0.3, -0.25) is 4.98 Å². The number of nitrogens with one attached hydrogen (secondary N) is 2. The fraction of sp³-hybridized carbons (Fsp3) is 0.273. The standard InChI is InChI=1S/C11H13N5O2/c1-16(2)11-13-10(14-15-11)12-7-3-4-8-9(5-7)18-6-17-8/h3-5H,6H2,1-2H3,(H2,12,13,14,15). The molecule has 7 heteroatoms. The van der Waals surface area contributed by atoms with E-state index < -0.39 is 0 Å². The molecule has 1 aromatic carbocycles. The van der Waals surface area contributed by atoms with E-state index in [1.165, 1.54) is 0 Å². The van der Waals surface area contributed by atoms with Crippen molar-refractivity contribution in [2.24, 2.45) is 0 Å². The zero-order valence-electron chi connectivity index (χ0n) is 10.1. The van der Waals surface area contributed by atoms with Crippen LogP contribution in [-0.4, -0.2) is 36.1 Å². The van der Waals surface area contributed by atoms with Gasteiger partial charge in [0.25, 0.3) is 0 Å². The second kappa shape index (κ2) is 4.10. The lowest BCUT2D eigenvalue weighted by atomic mass is 10.3. The van der Waals surface area contributed by atoms with Gasteiger partial charge in [-0.25, -0.2) is 0 Å². The summed E-state index contributed by atoms with van der Waals surface area (Å²) in [4.78, 5) is 4.89. The molecule has 1 aromatic heterocycles. The van der Waals surface area contributed by atoms with Crippen LogP contribution in [0.3, 0.4) is 0 Å². The molecule has 2 heterocycles. The van der Waals surface area contributed by atoms with Crippen molar-refractivity contribution in [3.63, 3.8) is 0 Å². The van der Waals surface area contributed by atoms with Crippen molar-refractivity contribution in [1.82, 2.24) is 15.2 Å². The Bertz CT molecular complexity index is 566. The first-order chi connectivity index (χ1) is 8.72. The molecule has 0 saturated heterocycles. The van der Waals surface area contributed by atoms with Crippen LogP contribution in [0.5, 0.6) is 11.5 Å². The molecule has 1 aliphatic rings. The van der Waals surface area contributed by atoms with Crippen LogP contribution in [0.15, 0.2) is 18.2 Å². The van der Waals surface area contributed by atoms with Crippen molar-refractivity contribution in [1.29, 1.82) is 0 Å². The third-order valence-corrected chi connectivity index (χ3v) is 2.53. The van der Waals surface area contributed by atoms with Crippen LogP contribution in [0.4, 0.5) is 17.6 Å². The molecule has 0 spiro atoms. The van der Waals surface area contributed by atoms with Gasteiger partial charge in [0.05, 0.1) is 0 Å². The lowest BCUT2D eigenvalue weighted by molar-refractivity contribution is 0.174. The lowest BCUT2D eigenvalue weighted by Crippen LogP contribution is -2.10. The van der Waals surface area contributed by atoms with E-state index in [0.717, 1.165) is 17.2 Å². The van der Waals surface area contributed by atoms with Gasteiger partial charge < -0.3 is 19.7 Å². The first kappa shape index (κ1) is 10.7. The van der Waals surface area contributed by atoms with E-state index in [-0.39, 0.29) is 6.79 Å². The highest BCUT2D eigenvalue weighted by Gasteiger charge is 2.13. The summed E-state index contributed by atoms with van der Waals surface area (Å²) in [6.45, 7) is 0.270. The minimum Gasteiger partial charge on any atom is -0.454 e. The third kappa shape index (κ3) is 1.90. The molecule has 2 N–H and O–H groups in total. The summed E-state index contributed by atoms with van der Waals surface area (Å²) in [5, 5.41) is 11.1. The van der Waals surface area contributed by atoms with Gasteiger partial charge in [0, 0.05) is 25.8 Å². The van der Waals surface area contributed by atoms with Crippen LogP contribution in [0.1, 0.15) is 0 Å². The van der Waals surface area contributed by atoms with Crippen molar-refractivity contribution >= 4 is 17.6 Å². The Balaban J connectivity index is 1.79. The maximum atomic E-state index is 5.30. The number of nitrogens with zero attached hydrogens (tertiary/aromatic N) is 3. The summed E-state index contributed by atoms with van der Waals surface area (Å²) in [5.41, 5.74) is 0.862. The molecule has 0 saturated carbocycles.